The van der Waals surface area contributed by atoms with Gasteiger partial charge in [0.25, 0.3) is 5.91 Å². The van der Waals surface area contributed by atoms with Crippen LogP contribution in [0, 0.1) is 0 Å². The number of hydrogen-bond acceptors (Lipinski definition) is 5. The second kappa shape index (κ2) is 7.83. The van der Waals surface area contributed by atoms with E-state index in [1.807, 2.05) is 10.3 Å². The van der Waals surface area contributed by atoms with E-state index in [0.717, 1.165) is 18.6 Å². The first-order valence-corrected chi connectivity index (χ1v) is 7.24. The fraction of sp³-hybridized carbons (Fsp3) is 0.615. The minimum absolute atomic E-state index is 0. The molecule has 1 fully saturated rings. The van der Waals surface area contributed by atoms with Crippen molar-refractivity contribution in [2.24, 2.45) is 5.73 Å². The second-order valence-corrected chi connectivity index (χ2v) is 5.53. The van der Waals surface area contributed by atoms with Crippen molar-refractivity contribution in [3.05, 3.63) is 16.3 Å². The molecule has 2 heterocycles. The predicted octanol–water partition coefficient (Wildman–Crippen LogP) is 1.76. The lowest BCUT2D eigenvalue weighted by Crippen LogP contribution is -2.51. The third-order valence-electron chi connectivity index (χ3n) is 3.56. The van der Waals surface area contributed by atoms with Gasteiger partial charge in [-0.25, -0.2) is 0 Å². The zero-order chi connectivity index (χ0) is 13.8. The molecule has 1 aromatic heterocycles. The van der Waals surface area contributed by atoms with Crippen LogP contribution in [0.3, 0.4) is 0 Å². The van der Waals surface area contributed by atoms with Crippen LogP contribution < -0.4 is 10.5 Å². The lowest BCUT2D eigenvalue weighted by molar-refractivity contribution is 0.0141. The number of piperidine rings is 1. The standard InChI is InChI=1S/C13H20N2O3S.ClH/c1-17-10-3-4-15(9(5-10)7-14)13(16)12-6-11(18-2)8-19-12;/h6,8-10H,3-5,7,14H2,1-2H3;1H. The summed E-state index contributed by atoms with van der Waals surface area (Å²) in [5.74, 6) is 0.766. The van der Waals surface area contributed by atoms with Crippen LogP contribution in [0.1, 0.15) is 22.5 Å². The van der Waals surface area contributed by atoms with Crippen molar-refractivity contribution in [2.45, 2.75) is 25.0 Å². The SMILES string of the molecule is COc1csc(C(=O)N2CCC(OC)CC2CN)c1.Cl. The molecule has 1 amide bonds. The Kier molecular flexibility index (Phi) is 6.75. The van der Waals surface area contributed by atoms with Crippen molar-refractivity contribution in [1.29, 1.82) is 0 Å². The summed E-state index contributed by atoms with van der Waals surface area (Å²) in [6.45, 7) is 1.16. The average Bonchev–Trinajstić information content (AvgIpc) is 2.94. The zero-order valence-corrected chi connectivity index (χ0v) is 13.3. The molecule has 0 saturated carbocycles. The molecule has 1 aliphatic heterocycles. The monoisotopic (exact) mass is 320 g/mol. The van der Waals surface area contributed by atoms with Gasteiger partial charge in [-0.15, -0.1) is 23.7 Å². The van der Waals surface area contributed by atoms with Crippen LogP contribution in [0.4, 0.5) is 0 Å². The number of amides is 1. The second-order valence-electron chi connectivity index (χ2n) is 4.62. The molecule has 1 aromatic rings. The topological polar surface area (TPSA) is 64.8 Å². The molecule has 1 saturated heterocycles. The maximum absolute atomic E-state index is 12.5. The van der Waals surface area contributed by atoms with Gasteiger partial charge in [0.1, 0.15) is 5.75 Å². The van der Waals surface area contributed by atoms with Gasteiger partial charge in [0, 0.05) is 37.7 Å². The summed E-state index contributed by atoms with van der Waals surface area (Å²) in [5.41, 5.74) is 5.79. The van der Waals surface area contributed by atoms with E-state index in [4.69, 9.17) is 15.2 Å². The van der Waals surface area contributed by atoms with Gasteiger partial charge in [-0.05, 0) is 12.8 Å². The first kappa shape index (κ1) is 17.2. The van der Waals surface area contributed by atoms with Gasteiger partial charge in [-0.3, -0.25) is 4.79 Å². The van der Waals surface area contributed by atoms with E-state index in [9.17, 15) is 4.79 Å². The van der Waals surface area contributed by atoms with Gasteiger partial charge in [0.05, 0.1) is 18.1 Å². The molecule has 5 nitrogen and oxygen atoms in total. The Morgan fingerprint density at radius 2 is 2.30 bits per heavy atom. The maximum atomic E-state index is 12.5. The van der Waals surface area contributed by atoms with Crippen molar-refractivity contribution >= 4 is 29.7 Å². The first-order chi connectivity index (χ1) is 9.19. The molecular formula is C13H21ClN2O3S. The lowest BCUT2D eigenvalue weighted by Gasteiger charge is -2.38. The normalized spacial score (nSPS) is 22.2. The number of likely N-dealkylation sites (tertiary alicyclic amines) is 1. The van der Waals surface area contributed by atoms with Crippen molar-refractivity contribution in [2.75, 3.05) is 27.3 Å². The third kappa shape index (κ3) is 3.63. The minimum Gasteiger partial charge on any atom is -0.496 e. The number of nitrogens with two attached hydrogens (primary N) is 1. The Labute approximate surface area is 129 Å². The molecule has 1 aliphatic rings. The Morgan fingerprint density at radius 1 is 1.55 bits per heavy atom. The van der Waals surface area contributed by atoms with E-state index in [1.54, 1.807) is 20.3 Å². The van der Waals surface area contributed by atoms with Crippen molar-refractivity contribution in [3.8, 4) is 5.75 Å². The van der Waals surface area contributed by atoms with Crippen LogP contribution >= 0.6 is 23.7 Å². The highest BCUT2D eigenvalue weighted by molar-refractivity contribution is 7.12. The molecule has 2 atom stereocenters. The molecule has 0 radical (unpaired) electrons. The molecule has 7 heteroatoms. The molecule has 20 heavy (non-hydrogen) atoms. The molecule has 0 bridgehead atoms. The molecule has 2 rings (SSSR count). The number of rotatable bonds is 4. The van der Waals surface area contributed by atoms with E-state index >= 15 is 0 Å². The smallest absolute Gasteiger partial charge is 0.264 e. The van der Waals surface area contributed by atoms with E-state index in [1.165, 1.54) is 11.3 Å². The Bertz CT molecular complexity index is 441. The van der Waals surface area contributed by atoms with E-state index in [2.05, 4.69) is 0 Å². The minimum atomic E-state index is 0. The van der Waals surface area contributed by atoms with Gasteiger partial charge in [-0.2, -0.15) is 0 Å². The van der Waals surface area contributed by atoms with Crippen LogP contribution in [0.15, 0.2) is 11.4 Å². The van der Waals surface area contributed by atoms with Gasteiger partial charge >= 0.3 is 0 Å². The van der Waals surface area contributed by atoms with Crippen LogP contribution in [0.25, 0.3) is 0 Å². The van der Waals surface area contributed by atoms with Crippen LogP contribution in [0.2, 0.25) is 0 Å². The highest BCUT2D eigenvalue weighted by atomic mass is 35.5. The average molecular weight is 321 g/mol. The van der Waals surface area contributed by atoms with Crippen molar-refractivity contribution < 1.29 is 14.3 Å². The summed E-state index contributed by atoms with van der Waals surface area (Å²) in [6.07, 6.45) is 1.87. The van der Waals surface area contributed by atoms with Gasteiger partial charge < -0.3 is 20.1 Å². The van der Waals surface area contributed by atoms with E-state index in [0.29, 0.717) is 18.0 Å². The molecule has 2 N–H and O–H groups in total. The highest BCUT2D eigenvalue weighted by Gasteiger charge is 2.31. The highest BCUT2D eigenvalue weighted by Crippen LogP contribution is 2.26. The quantitative estimate of drug-likeness (QED) is 0.918. The molecule has 0 aromatic carbocycles. The van der Waals surface area contributed by atoms with Gasteiger partial charge in [-0.1, -0.05) is 0 Å². The van der Waals surface area contributed by atoms with Crippen molar-refractivity contribution in [3.63, 3.8) is 0 Å². The largest absolute Gasteiger partial charge is 0.496 e. The number of hydrogen-bond donors (Lipinski definition) is 1. The number of carbonyl (C=O) groups excluding carboxylic acids is 1. The van der Waals surface area contributed by atoms with Gasteiger partial charge in [0.15, 0.2) is 0 Å². The van der Waals surface area contributed by atoms with Crippen LogP contribution in [-0.4, -0.2) is 50.3 Å². The molecular weight excluding hydrogens is 300 g/mol. The lowest BCUT2D eigenvalue weighted by atomic mass is 9.99. The number of carbonyl (C=O) groups is 1. The predicted molar refractivity (Wildman–Crippen MR) is 82.0 cm³/mol. The molecule has 114 valence electrons. The summed E-state index contributed by atoms with van der Waals surface area (Å²) in [4.78, 5) is 15.0. The number of halogens is 1. The summed E-state index contributed by atoms with van der Waals surface area (Å²) in [7, 11) is 3.31. The number of thiophene rings is 1. The van der Waals surface area contributed by atoms with Gasteiger partial charge in [0.2, 0.25) is 0 Å². The molecule has 2 unspecified atom stereocenters. The summed E-state index contributed by atoms with van der Waals surface area (Å²) in [6, 6.07) is 1.84. The van der Waals surface area contributed by atoms with Crippen molar-refractivity contribution in [1.82, 2.24) is 4.90 Å². The fourth-order valence-corrected chi connectivity index (χ4v) is 3.21. The zero-order valence-electron chi connectivity index (χ0n) is 11.7. The Balaban J connectivity index is 0.00000200. The van der Waals surface area contributed by atoms with Crippen LogP contribution in [-0.2, 0) is 4.74 Å². The van der Waals surface area contributed by atoms with Crippen LogP contribution in [0.5, 0.6) is 5.75 Å². The molecule has 0 spiro atoms. The van der Waals surface area contributed by atoms with E-state index in [-0.39, 0.29) is 30.5 Å². The third-order valence-corrected chi connectivity index (χ3v) is 4.45. The number of nitrogens with zero attached hydrogens (tertiary/aromatic N) is 1. The first-order valence-electron chi connectivity index (χ1n) is 6.36. The fourth-order valence-electron chi connectivity index (χ4n) is 2.40. The summed E-state index contributed by atoms with van der Waals surface area (Å²) < 4.78 is 10.5. The maximum Gasteiger partial charge on any atom is 0.264 e. The number of methoxy groups -OCH3 is 2. The summed E-state index contributed by atoms with van der Waals surface area (Å²) >= 11 is 1.41. The number of ether oxygens (including phenoxy) is 2. The summed E-state index contributed by atoms with van der Waals surface area (Å²) in [5, 5.41) is 1.84. The Hall–Kier alpha value is -0.820. The molecule has 0 aliphatic carbocycles. The van der Waals surface area contributed by atoms with E-state index < -0.39 is 0 Å². The Morgan fingerprint density at radius 3 is 2.85 bits per heavy atom.